The Morgan fingerprint density at radius 2 is 1.46 bits per heavy atom. The van der Waals surface area contributed by atoms with Crippen molar-refractivity contribution < 1.29 is 14.6 Å². The molecule has 1 amide bonds. The van der Waals surface area contributed by atoms with E-state index in [9.17, 15) is 9.90 Å². The molecule has 0 radical (unpaired) electrons. The van der Waals surface area contributed by atoms with Crippen molar-refractivity contribution in [2.45, 2.75) is 12.3 Å². The van der Waals surface area contributed by atoms with E-state index in [1.165, 1.54) is 6.07 Å². The van der Waals surface area contributed by atoms with E-state index in [4.69, 9.17) is 4.74 Å². The topological polar surface area (TPSA) is 62.7 Å². The number of hydrogen-bond donors (Lipinski definition) is 1. The maximum atomic E-state index is 14.1. The molecular formula is C30H22N2O3. The minimum absolute atomic E-state index is 0.0675. The van der Waals surface area contributed by atoms with E-state index in [1.807, 2.05) is 84.9 Å². The van der Waals surface area contributed by atoms with Crippen LogP contribution in [0.4, 0.5) is 0 Å². The Bertz CT molecular complexity index is 1520. The minimum Gasteiger partial charge on any atom is -0.507 e. The lowest BCUT2D eigenvalue weighted by Crippen LogP contribution is -2.44. The zero-order valence-corrected chi connectivity index (χ0v) is 18.8. The summed E-state index contributed by atoms with van der Waals surface area (Å²) in [6.45, 7) is 0. The number of pyridine rings is 1. The molecule has 1 aliphatic heterocycles. The molecule has 0 fully saturated rings. The van der Waals surface area contributed by atoms with Gasteiger partial charge in [-0.15, -0.1) is 0 Å². The fourth-order valence-corrected chi connectivity index (χ4v) is 4.77. The fraction of sp³-hybridized carbons (Fsp3) is 0.0667. The van der Waals surface area contributed by atoms with Crippen LogP contribution in [0.2, 0.25) is 0 Å². The first-order chi connectivity index (χ1) is 17.2. The summed E-state index contributed by atoms with van der Waals surface area (Å²) in [6, 6.07) is 33.6. The molecule has 1 N–H and O–H groups in total. The number of rotatable bonds is 3. The van der Waals surface area contributed by atoms with Crippen LogP contribution in [-0.4, -0.2) is 20.9 Å². The monoisotopic (exact) mass is 458 g/mol. The molecule has 0 saturated heterocycles. The molecule has 0 bridgehead atoms. The van der Waals surface area contributed by atoms with Gasteiger partial charge >= 0.3 is 0 Å². The lowest BCUT2D eigenvalue weighted by atomic mass is 9.91. The Morgan fingerprint density at radius 1 is 0.771 bits per heavy atom. The van der Waals surface area contributed by atoms with Crippen molar-refractivity contribution in [1.82, 2.24) is 9.88 Å². The number of para-hydroxylation sites is 1. The van der Waals surface area contributed by atoms with Gasteiger partial charge in [0.2, 0.25) is 6.23 Å². The Balaban J connectivity index is 1.64. The Morgan fingerprint density at radius 3 is 2.20 bits per heavy atom. The van der Waals surface area contributed by atoms with Gasteiger partial charge in [0, 0.05) is 22.7 Å². The third-order valence-electron chi connectivity index (χ3n) is 6.38. The molecule has 0 aliphatic carbocycles. The second-order valence-electron chi connectivity index (χ2n) is 8.48. The molecular weight excluding hydrogens is 436 g/mol. The number of benzene rings is 4. The third-order valence-corrected chi connectivity index (χ3v) is 6.38. The van der Waals surface area contributed by atoms with Crippen LogP contribution in [0.25, 0.3) is 10.9 Å². The number of aromatic nitrogens is 1. The molecule has 2 atom stereocenters. The lowest BCUT2D eigenvalue weighted by Gasteiger charge is -2.43. The van der Waals surface area contributed by atoms with Crippen LogP contribution in [0.3, 0.4) is 0 Å². The van der Waals surface area contributed by atoms with Gasteiger partial charge in [-0.3, -0.25) is 14.7 Å². The van der Waals surface area contributed by atoms with E-state index in [0.29, 0.717) is 5.75 Å². The third kappa shape index (κ3) is 3.58. The molecule has 5 heteroatoms. The van der Waals surface area contributed by atoms with Crippen LogP contribution in [0.15, 0.2) is 115 Å². The number of carbonyl (C=O) groups excluding carboxylic acids is 1. The number of amides is 1. The highest BCUT2D eigenvalue weighted by molar-refractivity contribution is 5.98. The molecule has 5 nitrogen and oxygen atoms in total. The van der Waals surface area contributed by atoms with Gasteiger partial charge in [-0.05, 0) is 23.8 Å². The molecule has 0 unspecified atom stereocenters. The van der Waals surface area contributed by atoms with Gasteiger partial charge in [0.05, 0.1) is 11.6 Å². The van der Waals surface area contributed by atoms with E-state index in [2.05, 4.69) is 4.98 Å². The smallest absolute Gasteiger partial charge is 0.261 e. The molecule has 4 aromatic carbocycles. The largest absolute Gasteiger partial charge is 0.507 e. The van der Waals surface area contributed by atoms with Crippen molar-refractivity contribution in [3.63, 3.8) is 0 Å². The standard InChI is InChI=1S/C30H22N2O3/c33-25-16-8-7-15-23(25)29(34)32-27(21-10-3-1-4-11-21)24-18-17-20-14-9-19-31-26(20)28(24)35-30(32)22-12-5-2-6-13-22/h1-19,27,30,33H/t27-,30+/m1/s1. The fourth-order valence-electron chi connectivity index (χ4n) is 4.77. The van der Waals surface area contributed by atoms with Gasteiger partial charge in [0.15, 0.2) is 5.75 Å². The van der Waals surface area contributed by atoms with Crippen LogP contribution in [0.5, 0.6) is 11.5 Å². The molecule has 6 rings (SSSR count). The van der Waals surface area contributed by atoms with Crippen molar-refractivity contribution in [1.29, 1.82) is 0 Å². The van der Waals surface area contributed by atoms with Crippen LogP contribution in [-0.2, 0) is 0 Å². The maximum Gasteiger partial charge on any atom is 0.261 e. The Labute approximate surface area is 202 Å². The minimum atomic E-state index is -0.728. The first-order valence-corrected chi connectivity index (χ1v) is 11.5. The summed E-state index contributed by atoms with van der Waals surface area (Å²) in [4.78, 5) is 20.5. The van der Waals surface area contributed by atoms with Gasteiger partial charge < -0.3 is 9.84 Å². The lowest BCUT2D eigenvalue weighted by molar-refractivity contribution is -0.00750. The van der Waals surface area contributed by atoms with Gasteiger partial charge in [0.1, 0.15) is 11.3 Å². The van der Waals surface area contributed by atoms with Crippen molar-refractivity contribution in [3.05, 3.63) is 138 Å². The first-order valence-electron chi connectivity index (χ1n) is 11.5. The normalized spacial score (nSPS) is 17.0. The van der Waals surface area contributed by atoms with Gasteiger partial charge in [-0.25, -0.2) is 0 Å². The Hall–Kier alpha value is -4.64. The van der Waals surface area contributed by atoms with Crippen LogP contribution >= 0.6 is 0 Å². The average Bonchev–Trinajstić information content (AvgIpc) is 2.92. The van der Waals surface area contributed by atoms with E-state index in [0.717, 1.165) is 27.6 Å². The molecule has 5 aromatic rings. The summed E-state index contributed by atoms with van der Waals surface area (Å²) in [5.41, 5.74) is 3.59. The SMILES string of the molecule is O=C(c1ccccc1O)N1[C@H](c2ccccc2)c2ccc3cccnc3c2O[C@H]1c1ccccc1. The van der Waals surface area contributed by atoms with Crippen molar-refractivity contribution in [2.75, 3.05) is 0 Å². The Kier molecular flexibility index (Phi) is 5.15. The van der Waals surface area contributed by atoms with Crippen LogP contribution < -0.4 is 4.74 Å². The molecule has 1 aliphatic rings. The van der Waals surface area contributed by atoms with Crippen molar-refractivity contribution in [3.8, 4) is 11.5 Å². The molecule has 2 heterocycles. The van der Waals surface area contributed by atoms with Gasteiger partial charge in [0.25, 0.3) is 5.91 Å². The average molecular weight is 459 g/mol. The summed E-state index contributed by atoms with van der Waals surface area (Å²) >= 11 is 0. The van der Waals surface area contributed by atoms with Crippen LogP contribution in [0, 0.1) is 0 Å². The van der Waals surface area contributed by atoms with Gasteiger partial charge in [-0.2, -0.15) is 0 Å². The number of hydrogen-bond acceptors (Lipinski definition) is 4. The highest BCUT2D eigenvalue weighted by Crippen LogP contribution is 2.48. The summed E-state index contributed by atoms with van der Waals surface area (Å²) < 4.78 is 6.64. The first kappa shape index (κ1) is 20.9. The van der Waals surface area contributed by atoms with E-state index >= 15 is 0 Å². The number of phenols is 1. The zero-order chi connectivity index (χ0) is 23.8. The highest BCUT2D eigenvalue weighted by atomic mass is 16.5. The highest BCUT2D eigenvalue weighted by Gasteiger charge is 2.42. The molecule has 170 valence electrons. The summed E-state index contributed by atoms with van der Waals surface area (Å²) in [6.07, 6.45) is 1.02. The number of carbonyl (C=O) groups is 1. The predicted molar refractivity (Wildman–Crippen MR) is 134 cm³/mol. The van der Waals surface area contributed by atoms with E-state index in [1.54, 1.807) is 29.3 Å². The number of nitrogens with zero attached hydrogens (tertiary/aromatic N) is 2. The second kappa shape index (κ2) is 8.61. The maximum absolute atomic E-state index is 14.1. The van der Waals surface area contributed by atoms with Crippen LogP contribution in [0.1, 0.15) is 39.3 Å². The van der Waals surface area contributed by atoms with Crippen molar-refractivity contribution >= 4 is 16.8 Å². The van der Waals surface area contributed by atoms with E-state index < -0.39 is 12.3 Å². The summed E-state index contributed by atoms with van der Waals surface area (Å²) in [5, 5.41) is 11.5. The van der Waals surface area contributed by atoms with Gasteiger partial charge in [-0.1, -0.05) is 91.0 Å². The quantitative estimate of drug-likeness (QED) is 0.346. The number of aromatic hydroxyl groups is 1. The predicted octanol–water partition coefficient (Wildman–Crippen LogP) is 6.26. The van der Waals surface area contributed by atoms with Crippen molar-refractivity contribution in [2.24, 2.45) is 0 Å². The molecule has 0 spiro atoms. The molecule has 1 aromatic heterocycles. The number of fused-ring (bicyclic) bond motifs is 3. The summed E-state index contributed by atoms with van der Waals surface area (Å²) in [5.74, 6) is 0.270. The number of phenolic OH excluding ortho intramolecular Hbond substituents is 1. The van der Waals surface area contributed by atoms with E-state index in [-0.39, 0.29) is 17.2 Å². The summed E-state index contributed by atoms with van der Waals surface area (Å²) in [7, 11) is 0. The number of ether oxygens (including phenoxy) is 1. The zero-order valence-electron chi connectivity index (χ0n) is 18.8. The molecule has 0 saturated carbocycles. The molecule has 35 heavy (non-hydrogen) atoms. The second-order valence-corrected chi connectivity index (χ2v) is 8.48.